The van der Waals surface area contributed by atoms with E-state index < -0.39 is 0 Å². The number of amides is 1. The van der Waals surface area contributed by atoms with Crippen LogP contribution in [0.5, 0.6) is 0 Å². The maximum absolute atomic E-state index is 11.0. The summed E-state index contributed by atoms with van der Waals surface area (Å²) in [6, 6.07) is 0.483. The molecule has 0 aromatic rings. The van der Waals surface area contributed by atoms with Crippen LogP contribution in [0, 0.1) is 0 Å². The third-order valence-electron chi connectivity index (χ3n) is 2.29. The number of carbonyl (C=O) groups is 1. The quantitative estimate of drug-likeness (QED) is 0.646. The molecule has 1 fully saturated rings. The number of hydrogen-bond acceptors (Lipinski definition) is 1. The molecule has 0 bridgehead atoms. The predicted molar refractivity (Wildman–Crippen MR) is 53.3 cm³/mol. The van der Waals surface area contributed by atoms with Crippen molar-refractivity contribution in [3.63, 3.8) is 0 Å². The van der Waals surface area contributed by atoms with Crippen molar-refractivity contribution in [3.8, 4) is 0 Å². The van der Waals surface area contributed by atoms with Crippen LogP contribution in [-0.4, -0.2) is 35.0 Å². The molecule has 0 spiro atoms. The van der Waals surface area contributed by atoms with Crippen LogP contribution in [0.2, 0.25) is 0 Å². The van der Waals surface area contributed by atoms with Gasteiger partial charge in [0.15, 0.2) is 0 Å². The molecular formula is C9H19MgNO. The van der Waals surface area contributed by atoms with E-state index in [1.165, 1.54) is 32.1 Å². The zero-order valence-electron chi connectivity index (χ0n) is 9.94. The SMILES string of the molecule is CCC(=O)NC1CCCCC1.[H-].[H-].[Mg+2]. The topological polar surface area (TPSA) is 29.1 Å². The van der Waals surface area contributed by atoms with E-state index in [-0.39, 0.29) is 31.8 Å². The van der Waals surface area contributed by atoms with E-state index in [1.807, 2.05) is 6.92 Å². The molecule has 1 N–H and O–H groups in total. The zero-order chi connectivity index (χ0) is 8.10. The van der Waals surface area contributed by atoms with Gasteiger partial charge in [0.1, 0.15) is 0 Å². The molecule has 1 rings (SSSR count). The largest absolute Gasteiger partial charge is 2.00 e. The molecule has 0 unspecified atom stereocenters. The van der Waals surface area contributed by atoms with Crippen LogP contribution in [0.3, 0.4) is 0 Å². The molecule has 0 aliphatic heterocycles. The summed E-state index contributed by atoms with van der Waals surface area (Å²) in [4.78, 5) is 11.0. The van der Waals surface area contributed by atoms with Crippen LogP contribution in [0.25, 0.3) is 0 Å². The fourth-order valence-corrected chi connectivity index (χ4v) is 1.58. The molecule has 0 atom stereocenters. The molecule has 12 heavy (non-hydrogen) atoms. The van der Waals surface area contributed by atoms with E-state index in [0.717, 1.165) is 0 Å². The Morgan fingerprint density at radius 1 is 1.42 bits per heavy atom. The van der Waals surface area contributed by atoms with Crippen molar-refractivity contribution in [2.75, 3.05) is 0 Å². The van der Waals surface area contributed by atoms with Gasteiger partial charge < -0.3 is 8.17 Å². The van der Waals surface area contributed by atoms with Crippen LogP contribution >= 0.6 is 0 Å². The maximum atomic E-state index is 11.0. The Labute approximate surface area is 93.6 Å². The van der Waals surface area contributed by atoms with Crippen LogP contribution in [0.15, 0.2) is 0 Å². The van der Waals surface area contributed by atoms with Gasteiger partial charge in [-0.25, -0.2) is 0 Å². The molecule has 2 nitrogen and oxygen atoms in total. The summed E-state index contributed by atoms with van der Waals surface area (Å²) >= 11 is 0. The molecule has 1 saturated carbocycles. The number of hydrogen-bond donors (Lipinski definition) is 1. The fourth-order valence-electron chi connectivity index (χ4n) is 1.58. The average Bonchev–Trinajstić information content (AvgIpc) is 2.06. The maximum Gasteiger partial charge on any atom is 2.00 e. The summed E-state index contributed by atoms with van der Waals surface area (Å²) in [6.45, 7) is 1.90. The summed E-state index contributed by atoms with van der Waals surface area (Å²) in [5.41, 5.74) is 0. The number of carbonyl (C=O) groups excluding carboxylic acids is 1. The second kappa shape index (κ2) is 6.72. The Hall–Kier alpha value is 0.236. The standard InChI is InChI=1S/C9H17NO.Mg.2H/c1-2-9(11)10-8-6-4-3-5-7-8;;;/h8H,2-7H2,1H3,(H,10,11);;;/q;+2;2*-1. The minimum Gasteiger partial charge on any atom is -1.00 e. The first-order valence-electron chi connectivity index (χ1n) is 4.62. The van der Waals surface area contributed by atoms with E-state index in [1.54, 1.807) is 0 Å². The Kier molecular flexibility index (Phi) is 6.85. The molecule has 0 saturated heterocycles. The first-order valence-corrected chi connectivity index (χ1v) is 4.62. The third-order valence-corrected chi connectivity index (χ3v) is 2.29. The monoisotopic (exact) mass is 181 g/mol. The van der Waals surface area contributed by atoms with E-state index in [2.05, 4.69) is 5.32 Å². The van der Waals surface area contributed by atoms with E-state index in [4.69, 9.17) is 0 Å². The summed E-state index contributed by atoms with van der Waals surface area (Å²) in [7, 11) is 0. The minimum atomic E-state index is 0. The van der Waals surface area contributed by atoms with Crippen molar-refractivity contribution in [1.29, 1.82) is 0 Å². The van der Waals surface area contributed by atoms with Gasteiger partial charge in [0, 0.05) is 12.5 Å². The van der Waals surface area contributed by atoms with Crippen molar-refractivity contribution in [3.05, 3.63) is 0 Å². The third kappa shape index (κ3) is 4.31. The Balaban J connectivity index is -0.000000403. The number of rotatable bonds is 2. The van der Waals surface area contributed by atoms with Gasteiger partial charge in [-0.2, -0.15) is 0 Å². The fraction of sp³-hybridized carbons (Fsp3) is 0.889. The van der Waals surface area contributed by atoms with Gasteiger partial charge in [0.25, 0.3) is 0 Å². The second-order valence-electron chi connectivity index (χ2n) is 3.26. The predicted octanol–water partition coefficient (Wildman–Crippen LogP) is 1.69. The molecule has 1 aliphatic carbocycles. The Morgan fingerprint density at radius 2 is 2.00 bits per heavy atom. The van der Waals surface area contributed by atoms with Crippen LogP contribution in [-0.2, 0) is 4.79 Å². The summed E-state index contributed by atoms with van der Waals surface area (Å²) in [5, 5.41) is 3.03. The molecule has 0 aromatic carbocycles. The molecule has 1 aliphatic rings. The summed E-state index contributed by atoms with van der Waals surface area (Å²) in [6.07, 6.45) is 6.91. The Morgan fingerprint density at radius 3 is 2.50 bits per heavy atom. The smallest absolute Gasteiger partial charge is 1.00 e. The van der Waals surface area contributed by atoms with Gasteiger partial charge in [-0.05, 0) is 12.8 Å². The molecule has 1 amide bonds. The van der Waals surface area contributed by atoms with Crippen LogP contribution in [0.4, 0.5) is 0 Å². The van der Waals surface area contributed by atoms with Gasteiger partial charge in [-0.3, -0.25) is 4.79 Å². The molecular weight excluding hydrogens is 162 g/mol. The van der Waals surface area contributed by atoms with Gasteiger partial charge in [0.2, 0.25) is 5.91 Å². The van der Waals surface area contributed by atoms with Crippen molar-refractivity contribution in [2.24, 2.45) is 0 Å². The molecule has 0 aromatic heterocycles. The van der Waals surface area contributed by atoms with E-state index >= 15 is 0 Å². The normalized spacial score (nSPS) is 18.1. The minimum absolute atomic E-state index is 0. The van der Waals surface area contributed by atoms with E-state index in [0.29, 0.717) is 12.5 Å². The van der Waals surface area contributed by atoms with Gasteiger partial charge in [-0.15, -0.1) is 0 Å². The first kappa shape index (κ1) is 12.2. The molecule has 0 radical (unpaired) electrons. The molecule has 68 valence electrons. The summed E-state index contributed by atoms with van der Waals surface area (Å²) < 4.78 is 0. The van der Waals surface area contributed by atoms with Crippen molar-refractivity contribution in [1.82, 2.24) is 5.32 Å². The van der Waals surface area contributed by atoms with Crippen molar-refractivity contribution < 1.29 is 7.65 Å². The molecule has 0 heterocycles. The van der Waals surface area contributed by atoms with Crippen molar-refractivity contribution >= 4 is 29.0 Å². The van der Waals surface area contributed by atoms with E-state index in [9.17, 15) is 4.79 Å². The molecule has 3 heteroatoms. The van der Waals surface area contributed by atoms with Gasteiger partial charge >= 0.3 is 23.1 Å². The van der Waals surface area contributed by atoms with Gasteiger partial charge in [0.05, 0.1) is 0 Å². The summed E-state index contributed by atoms with van der Waals surface area (Å²) in [5.74, 6) is 0.205. The second-order valence-corrected chi connectivity index (χ2v) is 3.26. The average molecular weight is 182 g/mol. The van der Waals surface area contributed by atoms with Crippen LogP contribution < -0.4 is 5.32 Å². The zero-order valence-corrected chi connectivity index (χ0v) is 9.35. The van der Waals surface area contributed by atoms with Crippen LogP contribution in [0.1, 0.15) is 48.3 Å². The van der Waals surface area contributed by atoms with Crippen molar-refractivity contribution in [2.45, 2.75) is 51.5 Å². The Bertz CT molecular complexity index is 141. The first-order chi connectivity index (χ1) is 5.33. The number of nitrogens with one attached hydrogen (secondary N) is 1. The van der Waals surface area contributed by atoms with Gasteiger partial charge in [-0.1, -0.05) is 26.2 Å².